The minimum atomic E-state index is -3.20. The molecular weight excluding hydrogens is 386 g/mol. The topological polar surface area (TPSA) is 106 Å². The van der Waals surface area contributed by atoms with Crippen molar-refractivity contribution < 1.29 is 13.2 Å². The van der Waals surface area contributed by atoms with Gasteiger partial charge in [-0.1, -0.05) is 0 Å². The van der Waals surface area contributed by atoms with Crippen LogP contribution in [0.5, 0.6) is 0 Å². The van der Waals surface area contributed by atoms with Gasteiger partial charge in [-0.25, -0.2) is 22.8 Å². The summed E-state index contributed by atoms with van der Waals surface area (Å²) < 4.78 is 26.4. The molecule has 0 saturated heterocycles. The number of thiophene rings is 1. The number of sulfonamides is 1. The number of nitrogens with zero attached hydrogens (tertiary/aromatic N) is 3. The normalized spacial score (nSPS) is 12.0. The van der Waals surface area contributed by atoms with Gasteiger partial charge in [-0.3, -0.25) is 4.79 Å². The maximum atomic E-state index is 12.4. The summed E-state index contributed by atoms with van der Waals surface area (Å²) in [6.07, 6.45) is 5.00. The average molecular weight is 408 g/mol. The lowest BCUT2D eigenvalue weighted by Gasteiger charge is -2.07. The first-order valence-corrected chi connectivity index (χ1v) is 11.1. The molecule has 8 nitrogen and oxygen atoms in total. The third kappa shape index (κ3) is 4.90. The molecule has 0 atom stereocenters. The van der Waals surface area contributed by atoms with Crippen molar-refractivity contribution in [3.05, 3.63) is 40.3 Å². The third-order valence-electron chi connectivity index (χ3n) is 3.80. The monoisotopic (exact) mass is 407 g/mol. The van der Waals surface area contributed by atoms with Gasteiger partial charge in [0.1, 0.15) is 0 Å². The molecule has 10 heteroatoms. The van der Waals surface area contributed by atoms with Gasteiger partial charge in [0.15, 0.2) is 5.65 Å². The molecule has 1 amide bonds. The van der Waals surface area contributed by atoms with Gasteiger partial charge < -0.3 is 5.32 Å². The van der Waals surface area contributed by atoms with Gasteiger partial charge >= 0.3 is 0 Å². The van der Waals surface area contributed by atoms with Crippen LogP contribution in [0.2, 0.25) is 0 Å². The van der Waals surface area contributed by atoms with E-state index in [4.69, 9.17) is 0 Å². The van der Waals surface area contributed by atoms with Crippen molar-refractivity contribution in [2.75, 3.05) is 18.1 Å². The number of carbonyl (C=O) groups is 1. The van der Waals surface area contributed by atoms with Crippen LogP contribution in [0, 0.1) is 0 Å². The van der Waals surface area contributed by atoms with Crippen LogP contribution in [0.4, 0.5) is 5.69 Å². The number of carbonyl (C=O) groups excluding carboxylic acids is 1. The molecule has 27 heavy (non-hydrogen) atoms. The molecule has 0 radical (unpaired) electrons. The molecule has 0 spiro atoms. The largest absolute Gasteiger partial charge is 0.320 e. The number of rotatable bonds is 7. The molecule has 0 unspecified atom stereocenters. The molecule has 3 heterocycles. The van der Waals surface area contributed by atoms with Gasteiger partial charge in [0.2, 0.25) is 10.0 Å². The second-order valence-corrected chi connectivity index (χ2v) is 9.46. The second-order valence-electron chi connectivity index (χ2n) is 6.46. The summed E-state index contributed by atoms with van der Waals surface area (Å²) in [5, 5.41) is 8.02. The smallest absolute Gasteiger partial charge is 0.265 e. The minimum Gasteiger partial charge on any atom is -0.320 e. The van der Waals surface area contributed by atoms with E-state index in [2.05, 4.69) is 20.1 Å². The average Bonchev–Trinajstić information content (AvgIpc) is 3.20. The Morgan fingerprint density at radius 2 is 2.07 bits per heavy atom. The highest BCUT2D eigenvalue weighted by Gasteiger charge is 2.12. The number of hydrogen-bond donors (Lipinski definition) is 2. The molecule has 0 fully saturated rings. The lowest BCUT2D eigenvalue weighted by atomic mass is 10.3. The Bertz CT molecular complexity index is 1070. The maximum absolute atomic E-state index is 12.4. The molecule has 0 aliphatic rings. The lowest BCUT2D eigenvalue weighted by molar-refractivity contribution is 0.103. The Hall–Kier alpha value is -2.30. The Kier molecular flexibility index (Phi) is 5.59. The van der Waals surface area contributed by atoms with Crippen LogP contribution in [-0.4, -0.2) is 41.9 Å². The number of amides is 1. The quantitative estimate of drug-likeness (QED) is 0.626. The Morgan fingerprint density at radius 3 is 2.78 bits per heavy atom. The van der Waals surface area contributed by atoms with Crippen LogP contribution in [-0.2, 0) is 16.4 Å². The number of nitrogens with one attached hydrogen (secondary N) is 2. The van der Waals surface area contributed by atoms with E-state index in [9.17, 15) is 13.2 Å². The van der Waals surface area contributed by atoms with Gasteiger partial charge in [0, 0.05) is 22.8 Å². The first-order chi connectivity index (χ1) is 12.7. The summed E-state index contributed by atoms with van der Waals surface area (Å²) in [5.74, 6) is -0.222. The fraction of sp³-hybridized carbons (Fsp3) is 0.353. The number of anilines is 1. The number of hydrogen-bond acceptors (Lipinski definition) is 6. The third-order valence-corrected chi connectivity index (χ3v) is 5.67. The Labute approximate surface area is 161 Å². The molecule has 0 aliphatic carbocycles. The van der Waals surface area contributed by atoms with E-state index < -0.39 is 10.0 Å². The zero-order chi connectivity index (χ0) is 19.6. The van der Waals surface area contributed by atoms with Gasteiger partial charge in [-0.05, 0) is 38.5 Å². The Balaban J connectivity index is 1.66. The predicted molar refractivity (Wildman–Crippen MR) is 107 cm³/mol. The molecule has 3 aromatic rings. The predicted octanol–water partition coefficient (Wildman–Crippen LogP) is 2.42. The van der Waals surface area contributed by atoms with Crippen molar-refractivity contribution in [1.29, 1.82) is 0 Å². The molecule has 0 saturated carbocycles. The van der Waals surface area contributed by atoms with Crippen molar-refractivity contribution >= 4 is 44.0 Å². The molecule has 144 valence electrons. The van der Waals surface area contributed by atoms with Gasteiger partial charge in [0.25, 0.3) is 5.91 Å². The second kappa shape index (κ2) is 7.75. The Morgan fingerprint density at radius 1 is 1.30 bits per heavy atom. The van der Waals surface area contributed by atoms with E-state index in [0.717, 1.165) is 22.2 Å². The number of fused-ring (bicyclic) bond motifs is 1. The highest BCUT2D eigenvalue weighted by Crippen LogP contribution is 2.21. The fourth-order valence-electron chi connectivity index (χ4n) is 2.57. The number of pyridine rings is 1. The van der Waals surface area contributed by atoms with E-state index in [1.807, 2.05) is 30.7 Å². The molecule has 0 aliphatic heterocycles. The molecule has 0 aromatic carbocycles. The van der Waals surface area contributed by atoms with Crippen LogP contribution in [0.25, 0.3) is 11.0 Å². The zero-order valence-electron chi connectivity index (χ0n) is 15.3. The zero-order valence-corrected chi connectivity index (χ0v) is 16.9. The molecule has 3 rings (SSSR count). The number of aromatic nitrogens is 3. The summed E-state index contributed by atoms with van der Waals surface area (Å²) in [7, 11) is -3.20. The van der Waals surface area contributed by atoms with Crippen LogP contribution in [0.3, 0.4) is 0 Å². The minimum absolute atomic E-state index is 0.206. The summed E-state index contributed by atoms with van der Waals surface area (Å²) >= 11 is 1.34. The van der Waals surface area contributed by atoms with Crippen molar-refractivity contribution in [3.63, 3.8) is 0 Å². The van der Waals surface area contributed by atoms with E-state index in [-0.39, 0.29) is 11.9 Å². The maximum Gasteiger partial charge on any atom is 0.265 e. The van der Waals surface area contributed by atoms with E-state index in [0.29, 0.717) is 23.5 Å². The fourth-order valence-corrected chi connectivity index (χ4v) is 3.95. The lowest BCUT2D eigenvalue weighted by Crippen LogP contribution is -2.24. The van der Waals surface area contributed by atoms with Crippen LogP contribution in [0.15, 0.2) is 30.6 Å². The SMILES string of the molecule is CC(C)n1ncc2cc(NC(=O)c3ccc(CCNS(C)(=O)=O)s3)cnc21. The highest BCUT2D eigenvalue weighted by molar-refractivity contribution is 7.88. The van der Waals surface area contributed by atoms with E-state index in [1.54, 1.807) is 18.5 Å². The van der Waals surface area contributed by atoms with Gasteiger partial charge in [0.05, 0.1) is 29.2 Å². The standard InChI is InChI=1S/C17H21N5O3S2/c1-11(2)22-16-12(9-19-22)8-13(10-18-16)21-17(23)15-5-4-14(26-15)6-7-20-27(3,24)25/h4-5,8-11,20H,6-7H2,1-3H3,(H,21,23). The summed E-state index contributed by atoms with van der Waals surface area (Å²) in [6, 6.07) is 5.62. The van der Waals surface area contributed by atoms with Crippen LogP contribution in [0.1, 0.15) is 34.4 Å². The highest BCUT2D eigenvalue weighted by atomic mass is 32.2. The molecule has 0 bridgehead atoms. The van der Waals surface area contributed by atoms with E-state index >= 15 is 0 Å². The van der Waals surface area contributed by atoms with Gasteiger partial charge in [-0.2, -0.15) is 5.10 Å². The van der Waals surface area contributed by atoms with Gasteiger partial charge in [-0.15, -0.1) is 11.3 Å². The van der Waals surface area contributed by atoms with Crippen molar-refractivity contribution in [1.82, 2.24) is 19.5 Å². The first kappa shape index (κ1) is 19.5. The molecule has 3 aromatic heterocycles. The summed E-state index contributed by atoms with van der Waals surface area (Å²) in [4.78, 5) is 18.3. The first-order valence-electron chi connectivity index (χ1n) is 8.41. The van der Waals surface area contributed by atoms with Crippen LogP contribution < -0.4 is 10.0 Å². The summed E-state index contributed by atoms with van der Waals surface area (Å²) in [5.41, 5.74) is 1.38. The van der Waals surface area contributed by atoms with E-state index in [1.165, 1.54) is 11.3 Å². The molecular formula is C17H21N5O3S2. The van der Waals surface area contributed by atoms with Crippen molar-refractivity contribution in [3.8, 4) is 0 Å². The van der Waals surface area contributed by atoms with Crippen molar-refractivity contribution in [2.45, 2.75) is 26.3 Å². The van der Waals surface area contributed by atoms with Crippen molar-refractivity contribution in [2.24, 2.45) is 0 Å². The molecule has 2 N–H and O–H groups in total. The van der Waals surface area contributed by atoms with Crippen LogP contribution >= 0.6 is 11.3 Å². The summed E-state index contributed by atoms with van der Waals surface area (Å²) in [6.45, 7) is 4.37.